The van der Waals surface area contributed by atoms with Crippen molar-refractivity contribution in [3.63, 3.8) is 0 Å². The standard InChI is InChI=1S/C16H20N4O3/c1-11-14(23-10-19-11)16(22)18-8-12-4-2-6-17-15(12)20-7-3-5-13(21)9-20/h2,4,6,10,13,21H,3,5,7-9H2,1H3,(H,18,22)/t13-/m1/s1. The van der Waals surface area contributed by atoms with E-state index in [2.05, 4.69) is 20.2 Å². The summed E-state index contributed by atoms with van der Waals surface area (Å²) >= 11 is 0. The summed E-state index contributed by atoms with van der Waals surface area (Å²) in [5.74, 6) is 0.734. The second-order valence-corrected chi connectivity index (χ2v) is 5.68. The molecule has 0 aromatic carbocycles. The van der Waals surface area contributed by atoms with E-state index in [1.807, 2.05) is 12.1 Å². The maximum atomic E-state index is 12.1. The maximum Gasteiger partial charge on any atom is 0.289 e. The van der Waals surface area contributed by atoms with Gasteiger partial charge in [0.15, 0.2) is 6.39 Å². The van der Waals surface area contributed by atoms with Gasteiger partial charge in [0.05, 0.1) is 11.8 Å². The van der Waals surface area contributed by atoms with Gasteiger partial charge in [-0.3, -0.25) is 4.79 Å². The lowest BCUT2D eigenvalue weighted by Gasteiger charge is -2.32. The molecule has 1 aliphatic rings. The Morgan fingerprint density at radius 2 is 2.39 bits per heavy atom. The predicted octanol–water partition coefficient (Wildman–Crippen LogP) is 1.27. The smallest absolute Gasteiger partial charge is 0.289 e. The molecule has 0 spiro atoms. The third-order valence-corrected chi connectivity index (χ3v) is 3.95. The highest BCUT2D eigenvalue weighted by molar-refractivity contribution is 5.92. The first kappa shape index (κ1) is 15.5. The molecule has 3 heterocycles. The number of oxazole rings is 1. The number of aromatic nitrogens is 2. The van der Waals surface area contributed by atoms with Crippen molar-refractivity contribution in [2.45, 2.75) is 32.4 Å². The molecular weight excluding hydrogens is 296 g/mol. The van der Waals surface area contributed by atoms with Crippen molar-refractivity contribution in [3.05, 3.63) is 41.7 Å². The summed E-state index contributed by atoms with van der Waals surface area (Å²) in [6.07, 6.45) is 4.41. The lowest BCUT2D eigenvalue weighted by molar-refractivity contribution is 0.0922. The number of carbonyl (C=O) groups excluding carboxylic acids is 1. The van der Waals surface area contributed by atoms with Crippen LogP contribution in [0.4, 0.5) is 5.82 Å². The highest BCUT2D eigenvalue weighted by Crippen LogP contribution is 2.21. The highest BCUT2D eigenvalue weighted by Gasteiger charge is 2.21. The van der Waals surface area contributed by atoms with Gasteiger partial charge < -0.3 is 19.7 Å². The molecule has 1 saturated heterocycles. The minimum atomic E-state index is -0.329. The number of carbonyl (C=O) groups is 1. The molecule has 0 bridgehead atoms. The number of nitrogens with zero attached hydrogens (tertiary/aromatic N) is 3. The van der Waals surface area contributed by atoms with Crippen LogP contribution in [-0.2, 0) is 6.54 Å². The molecule has 7 nitrogen and oxygen atoms in total. The summed E-state index contributed by atoms with van der Waals surface area (Å²) in [5, 5.41) is 12.7. The van der Waals surface area contributed by atoms with E-state index in [1.54, 1.807) is 13.1 Å². The first-order valence-electron chi connectivity index (χ1n) is 7.70. The molecule has 1 fully saturated rings. The molecule has 3 rings (SSSR count). The number of amides is 1. The molecule has 23 heavy (non-hydrogen) atoms. The first-order valence-corrected chi connectivity index (χ1v) is 7.70. The fourth-order valence-corrected chi connectivity index (χ4v) is 2.78. The van der Waals surface area contributed by atoms with Crippen LogP contribution in [0.1, 0.15) is 34.7 Å². The molecule has 2 N–H and O–H groups in total. The number of aliphatic hydroxyl groups excluding tert-OH is 1. The van der Waals surface area contributed by atoms with Crippen molar-refractivity contribution < 1.29 is 14.3 Å². The molecule has 0 saturated carbocycles. The number of aliphatic hydroxyl groups is 1. The number of β-amino-alcohol motifs (C(OH)–C–C–N with tert-alkyl or cyclic N) is 1. The van der Waals surface area contributed by atoms with Crippen LogP contribution in [-0.4, -0.2) is 40.2 Å². The largest absolute Gasteiger partial charge is 0.438 e. The zero-order valence-corrected chi connectivity index (χ0v) is 13.0. The van der Waals surface area contributed by atoms with Crippen molar-refractivity contribution in [1.29, 1.82) is 0 Å². The molecule has 2 aromatic rings. The molecule has 0 unspecified atom stereocenters. The Bertz CT molecular complexity index is 685. The Balaban J connectivity index is 1.71. The topological polar surface area (TPSA) is 91.5 Å². The van der Waals surface area contributed by atoms with E-state index in [4.69, 9.17) is 4.42 Å². The molecule has 0 radical (unpaired) electrons. The Morgan fingerprint density at radius 3 is 3.13 bits per heavy atom. The maximum absolute atomic E-state index is 12.1. The van der Waals surface area contributed by atoms with Crippen molar-refractivity contribution in [1.82, 2.24) is 15.3 Å². The van der Waals surface area contributed by atoms with E-state index in [1.165, 1.54) is 6.39 Å². The Morgan fingerprint density at radius 1 is 1.52 bits per heavy atom. The van der Waals surface area contributed by atoms with Gasteiger partial charge in [0, 0.05) is 31.4 Å². The molecule has 1 amide bonds. The number of pyridine rings is 1. The average Bonchev–Trinajstić information content (AvgIpc) is 2.99. The number of rotatable bonds is 4. The minimum Gasteiger partial charge on any atom is -0.438 e. The van der Waals surface area contributed by atoms with Gasteiger partial charge in [-0.1, -0.05) is 6.07 Å². The lowest BCUT2D eigenvalue weighted by Crippen LogP contribution is -2.39. The lowest BCUT2D eigenvalue weighted by atomic mass is 10.1. The molecule has 2 aromatic heterocycles. The van der Waals surface area contributed by atoms with Crippen LogP contribution < -0.4 is 10.2 Å². The Labute approximate surface area is 134 Å². The molecule has 0 aliphatic carbocycles. The van der Waals surface area contributed by atoms with E-state index >= 15 is 0 Å². The van der Waals surface area contributed by atoms with Gasteiger partial charge in [-0.25, -0.2) is 9.97 Å². The quantitative estimate of drug-likeness (QED) is 0.882. The summed E-state index contributed by atoms with van der Waals surface area (Å²) in [7, 11) is 0. The highest BCUT2D eigenvalue weighted by atomic mass is 16.3. The van der Waals surface area contributed by atoms with E-state index in [-0.39, 0.29) is 17.8 Å². The second-order valence-electron chi connectivity index (χ2n) is 5.68. The molecule has 1 aliphatic heterocycles. The van der Waals surface area contributed by atoms with Gasteiger partial charge >= 0.3 is 0 Å². The summed E-state index contributed by atoms with van der Waals surface area (Å²) < 4.78 is 5.09. The van der Waals surface area contributed by atoms with Gasteiger partial charge in [-0.15, -0.1) is 0 Å². The number of hydrogen-bond acceptors (Lipinski definition) is 6. The van der Waals surface area contributed by atoms with Gasteiger partial charge in [0.25, 0.3) is 5.91 Å². The van der Waals surface area contributed by atoms with Crippen molar-refractivity contribution in [2.24, 2.45) is 0 Å². The third kappa shape index (κ3) is 3.50. The fraction of sp³-hybridized carbons (Fsp3) is 0.438. The normalized spacial score (nSPS) is 18.0. The van der Waals surface area contributed by atoms with E-state index in [9.17, 15) is 9.90 Å². The number of piperidine rings is 1. The van der Waals surface area contributed by atoms with Gasteiger partial charge in [-0.2, -0.15) is 0 Å². The summed E-state index contributed by atoms with van der Waals surface area (Å²) in [6.45, 7) is 3.49. The Hall–Kier alpha value is -2.41. The minimum absolute atomic E-state index is 0.226. The monoisotopic (exact) mass is 316 g/mol. The van der Waals surface area contributed by atoms with Crippen LogP contribution in [0.2, 0.25) is 0 Å². The molecule has 122 valence electrons. The summed E-state index contributed by atoms with van der Waals surface area (Å²) in [5.41, 5.74) is 1.47. The van der Waals surface area contributed by atoms with E-state index in [0.29, 0.717) is 18.8 Å². The van der Waals surface area contributed by atoms with E-state index < -0.39 is 0 Å². The average molecular weight is 316 g/mol. The van der Waals surface area contributed by atoms with Crippen LogP contribution in [0.5, 0.6) is 0 Å². The zero-order chi connectivity index (χ0) is 16.2. The third-order valence-electron chi connectivity index (χ3n) is 3.95. The van der Waals surface area contributed by atoms with Crippen molar-refractivity contribution >= 4 is 11.7 Å². The van der Waals surface area contributed by atoms with E-state index in [0.717, 1.165) is 30.8 Å². The number of aryl methyl sites for hydroxylation is 1. The first-order chi connectivity index (χ1) is 11.1. The summed E-state index contributed by atoms with van der Waals surface area (Å²) in [6, 6.07) is 3.77. The summed E-state index contributed by atoms with van der Waals surface area (Å²) in [4.78, 5) is 22.5. The number of anilines is 1. The van der Waals surface area contributed by atoms with Gasteiger partial charge in [0.1, 0.15) is 5.82 Å². The Kier molecular flexibility index (Phi) is 4.57. The zero-order valence-electron chi connectivity index (χ0n) is 13.0. The fourth-order valence-electron chi connectivity index (χ4n) is 2.78. The number of nitrogens with one attached hydrogen (secondary N) is 1. The van der Waals surface area contributed by atoms with Crippen LogP contribution >= 0.6 is 0 Å². The van der Waals surface area contributed by atoms with Gasteiger partial charge in [-0.05, 0) is 25.8 Å². The van der Waals surface area contributed by atoms with Crippen LogP contribution in [0, 0.1) is 6.92 Å². The van der Waals surface area contributed by atoms with Crippen LogP contribution in [0.25, 0.3) is 0 Å². The van der Waals surface area contributed by atoms with Crippen molar-refractivity contribution in [3.8, 4) is 0 Å². The molecule has 7 heteroatoms. The predicted molar refractivity (Wildman–Crippen MR) is 84.1 cm³/mol. The molecular formula is C16H20N4O3. The van der Waals surface area contributed by atoms with Crippen LogP contribution in [0.15, 0.2) is 29.1 Å². The SMILES string of the molecule is Cc1ncoc1C(=O)NCc1cccnc1N1CCC[C@@H](O)C1. The van der Waals surface area contributed by atoms with Gasteiger partial charge in [0.2, 0.25) is 5.76 Å². The van der Waals surface area contributed by atoms with Crippen molar-refractivity contribution in [2.75, 3.05) is 18.0 Å². The number of hydrogen-bond donors (Lipinski definition) is 2. The van der Waals surface area contributed by atoms with Crippen LogP contribution in [0.3, 0.4) is 0 Å². The second kappa shape index (κ2) is 6.78. The molecule has 1 atom stereocenters.